The molecule has 0 aliphatic heterocycles. The van der Waals surface area contributed by atoms with Crippen LogP contribution in [0.25, 0.3) is 0 Å². The molecule has 118 valence electrons. The van der Waals surface area contributed by atoms with Crippen molar-refractivity contribution >= 4 is 27.5 Å². The van der Waals surface area contributed by atoms with Gasteiger partial charge in [-0.05, 0) is 50.0 Å². The van der Waals surface area contributed by atoms with Gasteiger partial charge in [0.2, 0.25) is 0 Å². The maximum absolute atomic E-state index is 12.3. The maximum Gasteiger partial charge on any atom is 0.294 e. The van der Waals surface area contributed by atoms with Gasteiger partial charge in [-0.25, -0.2) is 0 Å². The molecule has 0 fully saturated rings. The van der Waals surface area contributed by atoms with E-state index in [0.29, 0.717) is 23.4 Å². The molecule has 0 unspecified atom stereocenters. The zero-order valence-corrected chi connectivity index (χ0v) is 13.7. The van der Waals surface area contributed by atoms with Crippen molar-refractivity contribution in [3.05, 3.63) is 52.1 Å². The van der Waals surface area contributed by atoms with Gasteiger partial charge in [-0.3, -0.25) is 9.35 Å². The summed E-state index contributed by atoms with van der Waals surface area (Å²) in [5.41, 5.74) is 2.58. The van der Waals surface area contributed by atoms with Crippen molar-refractivity contribution in [3.63, 3.8) is 0 Å². The van der Waals surface area contributed by atoms with E-state index in [0.717, 1.165) is 24.0 Å². The third-order valence-corrected chi connectivity index (χ3v) is 4.83. The zero-order chi connectivity index (χ0) is 16.3. The largest absolute Gasteiger partial charge is 0.294 e. The van der Waals surface area contributed by atoms with Gasteiger partial charge in [0.25, 0.3) is 10.1 Å². The first kappa shape index (κ1) is 16.9. The highest BCUT2D eigenvalue weighted by molar-refractivity contribution is 7.85. The molecular weight excluding hydrogens is 324 g/mol. The van der Waals surface area contributed by atoms with Crippen LogP contribution in [0.1, 0.15) is 31.7 Å². The Balaban J connectivity index is 2.03. The van der Waals surface area contributed by atoms with Crippen LogP contribution in [0.4, 0.5) is 0 Å². The summed E-state index contributed by atoms with van der Waals surface area (Å²) in [6, 6.07) is 5.86. The normalized spacial score (nSPS) is 15.7. The van der Waals surface area contributed by atoms with Gasteiger partial charge >= 0.3 is 0 Å². The van der Waals surface area contributed by atoms with Crippen LogP contribution >= 0.6 is 11.6 Å². The lowest BCUT2D eigenvalue weighted by atomic mass is 9.93. The minimum Gasteiger partial charge on any atom is -0.294 e. The molecule has 0 aromatic heterocycles. The Kier molecular flexibility index (Phi) is 5.21. The summed E-state index contributed by atoms with van der Waals surface area (Å²) in [5, 5.41) is 0.700. The fraction of sp³-hybridized carbons (Fsp3) is 0.312. The molecule has 0 heterocycles. The van der Waals surface area contributed by atoms with E-state index in [2.05, 4.69) is 0 Å². The predicted octanol–water partition coefficient (Wildman–Crippen LogP) is 3.67. The number of benzene rings is 1. The second-order valence-corrected chi connectivity index (χ2v) is 7.23. The molecule has 1 aliphatic carbocycles. The highest BCUT2D eigenvalue weighted by Crippen LogP contribution is 2.27. The molecule has 1 aliphatic rings. The monoisotopic (exact) mass is 340 g/mol. The van der Waals surface area contributed by atoms with Gasteiger partial charge in [0.05, 0.1) is 4.90 Å². The lowest BCUT2D eigenvalue weighted by molar-refractivity contribution is -0.115. The van der Waals surface area contributed by atoms with E-state index in [-0.39, 0.29) is 10.7 Å². The molecule has 4 nitrogen and oxygen atoms in total. The lowest BCUT2D eigenvalue weighted by Crippen LogP contribution is -2.08. The number of aryl methyl sites for hydroxylation is 1. The Morgan fingerprint density at radius 3 is 2.45 bits per heavy atom. The summed E-state index contributed by atoms with van der Waals surface area (Å²) in [4.78, 5) is 12.1. The standard InChI is InChI=1S/C16H17ClO4S/c1-11-2-6-13(17)10-15(11)16(18)9-5-12-3-7-14(8-4-12)22(19,20)21/h3-4,7-8,10H,2,5-6,9H2,1H3,(H,19,20,21). The van der Waals surface area contributed by atoms with Gasteiger partial charge in [0.15, 0.2) is 5.78 Å². The summed E-state index contributed by atoms with van der Waals surface area (Å²) in [7, 11) is -4.18. The predicted molar refractivity (Wildman–Crippen MR) is 85.5 cm³/mol. The Hall–Kier alpha value is -1.43. The topological polar surface area (TPSA) is 71.4 Å². The van der Waals surface area contributed by atoms with Gasteiger partial charge in [-0.15, -0.1) is 0 Å². The van der Waals surface area contributed by atoms with Crippen molar-refractivity contribution in [1.82, 2.24) is 0 Å². The van der Waals surface area contributed by atoms with Crippen molar-refractivity contribution < 1.29 is 17.8 Å². The average molecular weight is 341 g/mol. The van der Waals surface area contributed by atoms with Gasteiger partial charge in [-0.2, -0.15) is 8.42 Å². The van der Waals surface area contributed by atoms with Crippen LogP contribution in [0.3, 0.4) is 0 Å². The fourth-order valence-corrected chi connectivity index (χ4v) is 3.02. The summed E-state index contributed by atoms with van der Waals surface area (Å²) in [6.07, 6.45) is 4.16. The molecule has 1 N–H and O–H groups in total. The summed E-state index contributed by atoms with van der Waals surface area (Å²) in [6.45, 7) is 1.94. The minimum atomic E-state index is -4.18. The Bertz CT molecular complexity index is 743. The van der Waals surface area contributed by atoms with E-state index >= 15 is 0 Å². The fourth-order valence-electron chi connectivity index (χ4n) is 2.33. The first-order chi connectivity index (χ1) is 10.3. The molecule has 0 saturated carbocycles. The highest BCUT2D eigenvalue weighted by atomic mass is 35.5. The van der Waals surface area contributed by atoms with E-state index in [9.17, 15) is 13.2 Å². The second kappa shape index (κ2) is 6.77. The smallest absolute Gasteiger partial charge is 0.294 e. The van der Waals surface area contributed by atoms with Crippen LogP contribution in [0.5, 0.6) is 0 Å². The molecule has 22 heavy (non-hydrogen) atoms. The molecule has 6 heteroatoms. The third-order valence-electron chi connectivity index (χ3n) is 3.66. The number of carbonyl (C=O) groups excluding carboxylic acids is 1. The highest BCUT2D eigenvalue weighted by Gasteiger charge is 2.16. The Morgan fingerprint density at radius 2 is 1.86 bits per heavy atom. The number of rotatable bonds is 5. The molecular formula is C16H17ClO4S. The molecule has 2 rings (SSSR count). The van der Waals surface area contributed by atoms with E-state index in [1.165, 1.54) is 12.1 Å². The zero-order valence-electron chi connectivity index (χ0n) is 12.2. The van der Waals surface area contributed by atoms with Crippen LogP contribution in [-0.2, 0) is 21.3 Å². The van der Waals surface area contributed by atoms with E-state index in [4.69, 9.17) is 16.2 Å². The van der Waals surface area contributed by atoms with Crippen LogP contribution in [0, 0.1) is 0 Å². The molecule has 1 aromatic rings. The number of allylic oxidation sites excluding steroid dienone is 4. The average Bonchev–Trinajstić information content (AvgIpc) is 2.47. The summed E-state index contributed by atoms with van der Waals surface area (Å²) >= 11 is 5.99. The van der Waals surface area contributed by atoms with Crippen molar-refractivity contribution in [2.75, 3.05) is 0 Å². The van der Waals surface area contributed by atoms with E-state index < -0.39 is 10.1 Å². The summed E-state index contributed by atoms with van der Waals surface area (Å²) in [5.74, 6) is 0.0363. The second-order valence-electron chi connectivity index (χ2n) is 5.33. The molecule has 0 amide bonds. The van der Waals surface area contributed by atoms with Crippen LogP contribution in [0.15, 0.2) is 51.4 Å². The number of hydrogen-bond acceptors (Lipinski definition) is 3. The lowest BCUT2D eigenvalue weighted by Gasteiger charge is -2.13. The summed E-state index contributed by atoms with van der Waals surface area (Å²) < 4.78 is 30.8. The van der Waals surface area contributed by atoms with Crippen LogP contribution in [0.2, 0.25) is 0 Å². The molecule has 0 bridgehead atoms. The van der Waals surface area contributed by atoms with Gasteiger partial charge in [-0.1, -0.05) is 29.3 Å². The van der Waals surface area contributed by atoms with E-state index in [1.807, 2.05) is 6.92 Å². The minimum absolute atomic E-state index is 0.0363. The maximum atomic E-state index is 12.3. The van der Waals surface area contributed by atoms with Gasteiger partial charge in [0.1, 0.15) is 0 Å². The quantitative estimate of drug-likeness (QED) is 0.830. The van der Waals surface area contributed by atoms with Crippen molar-refractivity contribution in [1.29, 1.82) is 0 Å². The van der Waals surface area contributed by atoms with Crippen molar-refractivity contribution in [2.24, 2.45) is 0 Å². The Labute approximate surface area is 135 Å². The van der Waals surface area contributed by atoms with Crippen LogP contribution in [-0.4, -0.2) is 18.8 Å². The SMILES string of the molecule is CC1=C(C(=O)CCc2ccc(S(=O)(=O)O)cc2)C=C(Cl)CC1. The van der Waals surface area contributed by atoms with Crippen LogP contribution < -0.4 is 0 Å². The molecule has 0 atom stereocenters. The number of Topliss-reactive ketones (excluding diaryl/α,β-unsaturated/α-hetero) is 1. The molecule has 0 spiro atoms. The van der Waals surface area contributed by atoms with Gasteiger partial charge in [0, 0.05) is 17.0 Å². The van der Waals surface area contributed by atoms with E-state index in [1.54, 1.807) is 18.2 Å². The number of ketones is 1. The molecule has 0 saturated heterocycles. The van der Waals surface area contributed by atoms with Crippen molar-refractivity contribution in [3.8, 4) is 0 Å². The first-order valence-electron chi connectivity index (χ1n) is 6.93. The number of halogens is 1. The molecule has 1 aromatic carbocycles. The molecule has 0 radical (unpaired) electrons. The number of carbonyl (C=O) groups is 1. The number of hydrogen-bond donors (Lipinski definition) is 1. The third kappa shape index (κ3) is 4.29. The Morgan fingerprint density at radius 1 is 1.23 bits per heavy atom. The first-order valence-corrected chi connectivity index (χ1v) is 8.74. The van der Waals surface area contributed by atoms with Crippen molar-refractivity contribution in [2.45, 2.75) is 37.5 Å². The van der Waals surface area contributed by atoms with Gasteiger partial charge < -0.3 is 0 Å².